The van der Waals surface area contributed by atoms with Crippen LogP contribution in [0.15, 0.2) is 30.5 Å². The molecule has 0 saturated heterocycles. The van der Waals surface area contributed by atoms with Crippen LogP contribution in [-0.4, -0.2) is 47.8 Å². The van der Waals surface area contributed by atoms with E-state index < -0.39 is 0 Å². The molecule has 2 rings (SSSR count). The van der Waals surface area contributed by atoms with Crippen LogP contribution in [0.1, 0.15) is 16.1 Å². The Kier molecular flexibility index (Phi) is 4.98. The SMILES string of the molecule is Cc1c(C(=O)NCCN(C)C)cnn1-c1cccc(Cl)c1. The average molecular weight is 307 g/mol. The van der Waals surface area contributed by atoms with Gasteiger partial charge in [0.2, 0.25) is 0 Å². The maximum absolute atomic E-state index is 12.1. The first-order valence-electron chi connectivity index (χ1n) is 6.72. The Morgan fingerprint density at radius 3 is 2.86 bits per heavy atom. The molecule has 1 aromatic carbocycles. The smallest absolute Gasteiger partial charge is 0.254 e. The Labute approximate surface area is 129 Å². The lowest BCUT2D eigenvalue weighted by atomic mass is 10.2. The minimum Gasteiger partial charge on any atom is -0.351 e. The van der Waals surface area contributed by atoms with Crippen LogP contribution in [0.4, 0.5) is 0 Å². The minimum atomic E-state index is -0.109. The lowest BCUT2D eigenvalue weighted by molar-refractivity contribution is 0.0950. The summed E-state index contributed by atoms with van der Waals surface area (Å²) in [6, 6.07) is 7.38. The summed E-state index contributed by atoms with van der Waals surface area (Å²) in [4.78, 5) is 14.2. The zero-order chi connectivity index (χ0) is 15.4. The molecule has 0 aliphatic rings. The molecule has 0 saturated carbocycles. The van der Waals surface area contributed by atoms with Crippen molar-refractivity contribution < 1.29 is 4.79 Å². The maximum atomic E-state index is 12.1. The van der Waals surface area contributed by atoms with Gasteiger partial charge in [0, 0.05) is 18.1 Å². The zero-order valence-electron chi connectivity index (χ0n) is 12.4. The van der Waals surface area contributed by atoms with E-state index in [1.54, 1.807) is 16.9 Å². The summed E-state index contributed by atoms with van der Waals surface area (Å²) in [5.41, 5.74) is 2.21. The van der Waals surface area contributed by atoms with Crippen LogP contribution in [0.5, 0.6) is 0 Å². The van der Waals surface area contributed by atoms with Crippen LogP contribution >= 0.6 is 11.6 Å². The van der Waals surface area contributed by atoms with Gasteiger partial charge < -0.3 is 10.2 Å². The van der Waals surface area contributed by atoms with Gasteiger partial charge in [-0.05, 0) is 39.2 Å². The number of rotatable bonds is 5. The third-order valence-electron chi connectivity index (χ3n) is 3.15. The molecule has 1 amide bonds. The quantitative estimate of drug-likeness (QED) is 0.920. The van der Waals surface area contributed by atoms with Crippen molar-refractivity contribution in [3.05, 3.63) is 46.7 Å². The van der Waals surface area contributed by atoms with Crippen molar-refractivity contribution in [1.29, 1.82) is 0 Å². The predicted octanol–water partition coefficient (Wildman–Crippen LogP) is 2.13. The van der Waals surface area contributed by atoms with Gasteiger partial charge in [0.25, 0.3) is 5.91 Å². The number of hydrogen-bond donors (Lipinski definition) is 1. The largest absolute Gasteiger partial charge is 0.351 e. The molecule has 5 nitrogen and oxygen atoms in total. The van der Waals surface area contributed by atoms with E-state index in [2.05, 4.69) is 10.4 Å². The number of aromatic nitrogens is 2. The molecule has 6 heteroatoms. The predicted molar refractivity (Wildman–Crippen MR) is 84.2 cm³/mol. The van der Waals surface area contributed by atoms with Gasteiger partial charge in [0.1, 0.15) is 0 Å². The standard InChI is InChI=1S/C15H19ClN4O/c1-11-14(15(21)17-7-8-19(2)3)10-18-20(11)13-6-4-5-12(16)9-13/h4-6,9-10H,7-8H2,1-3H3,(H,17,21). The zero-order valence-corrected chi connectivity index (χ0v) is 13.2. The van der Waals surface area contributed by atoms with E-state index >= 15 is 0 Å². The normalized spacial score (nSPS) is 10.9. The Balaban J connectivity index is 2.15. The van der Waals surface area contributed by atoms with Gasteiger partial charge in [0.05, 0.1) is 23.1 Å². The molecule has 0 bridgehead atoms. The summed E-state index contributed by atoms with van der Waals surface area (Å²) < 4.78 is 1.72. The minimum absolute atomic E-state index is 0.109. The van der Waals surface area contributed by atoms with Crippen LogP contribution in [0.25, 0.3) is 5.69 Å². The molecule has 0 aliphatic carbocycles. The highest BCUT2D eigenvalue weighted by molar-refractivity contribution is 6.30. The van der Waals surface area contributed by atoms with Gasteiger partial charge in [-0.15, -0.1) is 0 Å². The van der Waals surface area contributed by atoms with Crippen molar-refractivity contribution in [3.8, 4) is 5.69 Å². The topological polar surface area (TPSA) is 50.2 Å². The van der Waals surface area contributed by atoms with Crippen LogP contribution in [-0.2, 0) is 0 Å². The second-order valence-corrected chi connectivity index (χ2v) is 5.53. The van der Waals surface area contributed by atoms with Crippen LogP contribution in [0, 0.1) is 6.92 Å². The van der Waals surface area contributed by atoms with Crippen molar-refractivity contribution >= 4 is 17.5 Å². The van der Waals surface area contributed by atoms with E-state index in [4.69, 9.17) is 11.6 Å². The van der Waals surface area contributed by atoms with Crippen molar-refractivity contribution in [2.24, 2.45) is 0 Å². The molecule has 1 aromatic heterocycles. The Morgan fingerprint density at radius 1 is 1.43 bits per heavy atom. The molecule has 0 radical (unpaired) electrons. The molecular formula is C15H19ClN4O. The average Bonchev–Trinajstić information content (AvgIpc) is 2.80. The second-order valence-electron chi connectivity index (χ2n) is 5.09. The van der Waals surface area contributed by atoms with Gasteiger partial charge >= 0.3 is 0 Å². The monoisotopic (exact) mass is 306 g/mol. The molecule has 0 aliphatic heterocycles. The van der Waals surface area contributed by atoms with Gasteiger partial charge in [0.15, 0.2) is 0 Å². The third kappa shape index (κ3) is 3.83. The molecule has 1 heterocycles. The van der Waals surface area contributed by atoms with Crippen LogP contribution in [0.2, 0.25) is 5.02 Å². The first-order valence-corrected chi connectivity index (χ1v) is 7.10. The lowest BCUT2D eigenvalue weighted by Gasteiger charge is -2.10. The molecule has 21 heavy (non-hydrogen) atoms. The third-order valence-corrected chi connectivity index (χ3v) is 3.39. The van der Waals surface area contributed by atoms with Crippen LogP contribution in [0.3, 0.4) is 0 Å². The second kappa shape index (κ2) is 6.74. The Morgan fingerprint density at radius 2 is 2.19 bits per heavy atom. The van der Waals surface area contributed by atoms with E-state index in [9.17, 15) is 4.79 Å². The van der Waals surface area contributed by atoms with E-state index in [0.717, 1.165) is 17.9 Å². The van der Waals surface area contributed by atoms with Gasteiger partial charge in [-0.1, -0.05) is 17.7 Å². The summed E-state index contributed by atoms with van der Waals surface area (Å²) in [7, 11) is 3.93. The van der Waals surface area contributed by atoms with E-state index in [1.165, 1.54) is 0 Å². The van der Waals surface area contributed by atoms with Crippen molar-refractivity contribution in [1.82, 2.24) is 20.0 Å². The number of likely N-dealkylation sites (N-methyl/N-ethyl adjacent to an activating group) is 1. The summed E-state index contributed by atoms with van der Waals surface area (Å²) in [5, 5.41) is 7.80. The number of carbonyl (C=O) groups is 1. The molecule has 0 spiro atoms. The Hall–Kier alpha value is -1.85. The Bertz CT molecular complexity index is 636. The van der Waals surface area contributed by atoms with Gasteiger partial charge in [-0.2, -0.15) is 5.10 Å². The fourth-order valence-electron chi connectivity index (χ4n) is 1.99. The number of benzene rings is 1. The molecule has 0 fully saturated rings. The fourth-order valence-corrected chi connectivity index (χ4v) is 2.17. The highest BCUT2D eigenvalue weighted by Gasteiger charge is 2.14. The molecule has 112 valence electrons. The highest BCUT2D eigenvalue weighted by atomic mass is 35.5. The van der Waals surface area contributed by atoms with E-state index in [0.29, 0.717) is 17.1 Å². The molecular weight excluding hydrogens is 288 g/mol. The fraction of sp³-hybridized carbons (Fsp3) is 0.333. The molecule has 2 aromatic rings. The number of nitrogens with one attached hydrogen (secondary N) is 1. The number of amides is 1. The summed E-state index contributed by atoms with van der Waals surface area (Å²) >= 11 is 5.99. The van der Waals surface area contributed by atoms with E-state index in [-0.39, 0.29) is 5.91 Å². The van der Waals surface area contributed by atoms with Crippen molar-refractivity contribution in [2.75, 3.05) is 27.2 Å². The molecule has 0 unspecified atom stereocenters. The number of halogens is 1. The first-order chi connectivity index (χ1) is 9.99. The van der Waals surface area contributed by atoms with E-state index in [1.807, 2.05) is 44.1 Å². The number of nitrogens with zero attached hydrogens (tertiary/aromatic N) is 3. The molecule has 0 atom stereocenters. The molecule has 1 N–H and O–H groups in total. The van der Waals surface area contributed by atoms with Gasteiger partial charge in [-0.3, -0.25) is 4.79 Å². The highest BCUT2D eigenvalue weighted by Crippen LogP contribution is 2.17. The summed E-state index contributed by atoms with van der Waals surface area (Å²) in [5.74, 6) is -0.109. The maximum Gasteiger partial charge on any atom is 0.254 e. The summed E-state index contributed by atoms with van der Waals surface area (Å²) in [6.07, 6.45) is 1.58. The number of hydrogen-bond acceptors (Lipinski definition) is 3. The van der Waals surface area contributed by atoms with Gasteiger partial charge in [-0.25, -0.2) is 4.68 Å². The first kappa shape index (κ1) is 15.5. The van der Waals surface area contributed by atoms with Crippen LogP contribution < -0.4 is 5.32 Å². The van der Waals surface area contributed by atoms with Crippen molar-refractivity contribution in [2.45, 2.75) is 6.92 Å². The van der Waals surface area contributed by atoms with Crippen molar-refractivity contribution in [3.63, 3.8) is 0 Å². The lowest BCUT2D eigenvalue weighted by Crippen LogP contribution is -2.31. The number of carbonyl (C=O) groups excluding carboxylic acids is 1. The summed E-state index contributed by atoms with van der Waals surface area (Å²) in [6.45, 7) is 3.27.